The molecule has 0 aliphatic carbocycles. The minimum absolute atomic E-state index is 0.274. The molecular weight excluding hydrogens is 404 g/mol. The number of piperidine rings is 1. The summed E-state index contributed by atoms with van der Waals surface area (Å²) in [6.45, 7) is 2.31. The van der Waals surface area contributed by atoms with Crippen molar-refractivity contribution in [1.29, 1.82) is 0 Å². The van der Waals surface area contributed by atoms with Crippen molar-refractivity contribution in [3.63, 3.8) is 0 Å². The van der Waals surface area contributed by atoms with E-state index in [-0.39, 0.29) is 24.1 Å². The molecule has 0 atom stereocenters. The molecule has 1 aliphatic heterocycles. The molecular formula is C23H27F2N3O3. The summed E-state index contributed by atoms with van der Waals surface area (Å²) >= 11 is 0. The smallest absolute Gasteiger partial charge is 0.407 e. The SMILES string of the molecule is CNC(=O)COC(=O)NCC1CCN(Cc2ccc(-c3ccc(F)cc3)cc2F)CC1. The summed E-state index contributed by atoms with van der Waals surface area (Å²) in [5.41, 5.74) is 2.11. The zero-order valence-electron chi connectivity index (χ0n) is 17.5. The molecule has 31 heavy (non-hydrogen) atoms. The number of likely N-dealkylation sites (N-methyl/N-ethyl adjacent to an activating group) is 1. The maximum atomic E-state index is 14.6. The van der Waals surface area contributed by atoms with Gasteiger partial charge < -0.3 is 15.4 Å². The molecule has 8 heteroatoms. The molecule has 166 valence electrons. The highest BCUT2D eigenvalue weighted by Crippen LogP contribution is 2.24. The second-order valence-corrected chi connectivity index (χ2v) is 7.66. The number of ether oxygens (including phenoxy) is 1. The molecule has 6 nitrogen and oxygen atoms in total. The summed E-state index contributed by atoms with van der Waals surface area (Å²) in [6.07, 6.45) is 1.16. The molecule has 3 rings (SSSR count). The Bertz CT molecular complexity index is 897. The van der Waals surface area contributed by atoms with E-state index in [4.69, 9.17) is 4.74 Å². The molecule has 2 aromatic rings. The maximum Gasteiger partial charge on any atom is 0.407 e. The van der Waals surface area contributed by atoms with E-state index in [0.29, 0.717) is 30.1 Å². The van der Waals surface area contributed by atoms with Gasteiger partial charge in [-0.1, -0.05) is 24.3 Å². The highest BCUT2D eigenvalue weighted by atomic mass is 19.1. The van der Waals surface area contributed by atoms with Gasteiger partial charge in [-0.15, -0.1) is 0 Å². The van der Waals surface area contributed by atoms with E-state index < -0.39 is 6.09 Å². The quantitative estimate of drug-likeness (QED) is 0.706. The van der Waals surface area contributed by atoms with E-state index in [1.807, 2.05) is 6.07 Å². The maximum absolute atomic E-state index is 14.6. The lowest BCUT2D eigenvalue weighted by atomic mass is 9.96. The van der Waals surface area contributed by atoms with Gasteiger partial charge in [0.15, 0.2) is 6.61 Å². The highest BCUT2D eigenvalue weighted by Gasteiger charge is 2.21. The minimum Gasteiger partial charge on any atom is -0.439 e. The van der Waals surface area contributed by atoms with Crippen molar-refractivity contribution >= 4 is 12.0 Å². The van der Waals surface area contributed by atoms with Crippen LogP contribution in [0.15, 0.2) is 42.5 Å². The largest absolute Gasteiger partial charge is 0.439 e. The molecule has 1 fully saturated rings. The number of benzene rings is 2. The summed E-state index contributed by atoms with van der Waals surface area (Å²) < 4.78 is 32.5. The van der Waals surface area contributed by atoms with E-state index in [0.717, 1.165) is 31.5 Å². The van der Waals surface area contributed by atoms with Crippen molar-refractivity contribution in [2.45, 2.75) is 19.4 Å². The van der Waals surface area contributed by atoms with Gasteiger partial charge in [-0.2, -0.15) is 0 Å². The molecule has 1 aliphatic rings. The van der Waals surface area contributed by atoms with Crippen molar-refractivity contribution in [2.24, 2.45) is 5.92 Å². The van der Waals surface area contributed by atoms with Crippen LogP contribution in [0.3, 0.4) is 0 Å². The lowest BCUT2D eigenvalue weighted by Crippen LogP contribution is -2.39. The Hall–Kier alpha value is -3.00. The second-order valence-electron chi connectivity index (χ2n) is 7.66. The Kier molecular flexibility index (Phi) is 7.94. The van der Waals surface area contributed by atoms with Crippen LogP contribution < -0.4 is 10.6 Å². The van der Waals surface area contributed by atoms with Crippen LogP contribution in [0.25, 0.3) is 11.1 Å². The zero-order chi connectivity index (χ0) is 22.2. The predicted octanol–water partition coefficient (Wildman–Crippen LogP) is 3.32. The summed E-state index contributed by atoms with van der Waals surface area (Å²) in [4.78, 5) is 24.9. The van der Waals surface area contributed by atoms with E-state index in [9.17, 15) is 18.4 Å². The van der Waals surface area contributed by atoms with Crippen molar-refractivity contribution in [2.75, 3.05) is 33.3 Å². The number of halogens is 2. The molecule has 2 amide bonds. The Morgan fingerprint density at radius 1 is 1.06 bits per heavy atom. The van der Waals surface area contributed by atoms with Crippen LogP contribution in [0.4, 0.5) is 13.6 Å². The first kappa shape index (κ1) is 22.7. The molecule has 0 saturated carbocycles. The summed E-state index contributed by atoms with van der Waals surface area (Å²) in [5, 5.41) is 5.07. The topological polar surface area (TPSA) is 70.7 Å². The lowest BCUT2D eigenvalue weighted by molar-refractivity contribution is -0.123. The van der Waals surface area contributed by atoms with Crippen molar-refractivity contribution < 1.29 is 23.1 Å². The van der Waals surface area contributed by atoms with Crippen LogP contribution >= 0.6 is 0 Å². The number of nitrogens with one attached hydrogen (secondary N) is 2. The number of hydrogen-bond donors (Lipinski definition) is 2. The monoisotopic (exact) mass is 431 g/mol. The summed E-state index contributed by atoms with van der Waals surface area (Å²) in [5.74, 6) is -0.638. The number of carbonyl (C=O) groups is 2. The van der Waals surface area contributed by atoms with Gasteiger partial charge in [0.2, 0.25) is 0 Å². The summed E-state index contributed by atoms with van der Waals surface area (Å²) in [7, 11) is 1.48. The normalized spacial score (nSPS) is 14.8. The van der Waals surface area contributed by atoms with Gasteiger partial charge in [0.25, 0.3) is 5.91 Å². The van der Waals surface area contributed by atoms with Gasteiger partial charge in [-0.3, -0.25) is 9.69 Å². The van der Waals surface area contributed by atoms with Crippen molar-refractivity contribution in [1.82, 2.24) is 15.5 Å². The van der Waals surface area contributed by atoms with E-state index >= 15 is 0 Å². The molecule has 0 radical (unpaired) electrons. The molecule has 0 spiro atoms. The van der Waals surface area contributed by atoms with Crippen LogP contribution in [0, 0.1) is 17.6 Å². The van der Waals surface area contributed by atoms with E-state index in [2.05, 4.69) is 15.5 Å². The first-order chi connectivity index (χ1) is 14.9. The van der Waals surface area contributed by atoms with Gasteiger partial charge in [-0.25, -0.2) is 13.6 Å². The van der Waals surface area contributed by atoms with Crippen LogP contribution in [0.2, 0.25) is 0 Å². The zero-order valence-corrected chi connectivity index (χ0v) is 17.5. The third kappa shape index (κ3) is 6.75. The van der Waals surface area contributed by atoms with Gasteiger partial charge >= 0.3 is 6.09 Å². The number of rotatable bonds is 7. The predicted molar refractivity (Wildman–Crippen MR) is 113 cm³/mol. The Morgan fingerprint density at radius 2 is 1.74 bits per heavy atom. The van der Waals surface area contributed by atoms with Crippen LogP contribution in [-0.4, -0.2) is 50.2 Å². The standard InChI is InChI=1S/C23H27F2N3O3/c1-26-22(29)15-31-23(30)27-13-16-8-10-28(11-9-16)14-19-3-2-18(12-21(19)25)17-4-6-20(24)7-5-17/h2-7,12,16H,8-11,13-15H2,1H3,(H,26,29)(H,27,30). The third-order valence-corrected chi connectivity index (χ3v) is 5.48. The fourth-order valence-corrected chi connectivity index (χ4v) is 3.57. The Morgan fingerprint density at radius 3 is 2.39 bits per heavy atom. The number of likely N-dealkylation sites (tertiary alicyclic amines) is 1. The number of alkyl carbamates (subject to hydrolysis) is 1. The molecule has 0 bridgehead atoms. The van der Waals surface area contributed by atoms with Crippen molar-refractivity contribution in [3.05, 3.63) is 59.7 Å². The average Bonchev–Trinajstić information content (AvgIpc) is 2.78. The number of carbonyl (C=O) groups excluding carboxylic acids is 2. The summed E-state index contributed by atoms with van der Waals surface area (Å²) in [6, 6.07) is 11.1. The molecule has 2 N–H and O–H groups in total. The van der Waals surface area contributed by atoms with Crippen molar-refractivity contribution in [3.8, 4) is 11.1 Å². The van der Waals surface area contributed by atoms with Crippen LogP contribution in [0.5, 0.6) is 0 Å². The molecule has 0 unspecified atom stereocenters. The van der Waals surface area contributed by atoms with Gasteiger partial charge in [0.1, 0.15) is 11.6 Å². The number of nitrogens with zero attached hydrogens (tertiary/aromatic N) is 1. The first-order valence-electron chi connectivity index (χ1n) is 10.3. The minimum atomic E-state index is -0.602. The van der Waals surface area contributed by atoms with E-state index in [1.54, 1.807) is 18.2 Å². The highest BCUT2D eigenvalue weighted by molar-refractivity contribution is 5.79. The molecule has 1 heterocycles. The lowest BCUT2D eigenvalue weighted by Gasteiger charge is -2.32. The van der Waals surface area contributed by atoms with Gasteiger partial charge in [0.05, 0.1) is 0 Å². The first-order valence-corrected chi connectivity index (χ1v) is 10.3. The second kappa shape index (κ2) is 10.9. The van der Waals surface area contributed by atoms with Crippen LogP contribution in [0.1, 0.15) is 18.4 Å². The molecule has 2 aromatic carbocycles. The fourth-order valence-electron chi connectivity index (χ4n) is 3.57. The number of amides is 2. The Balaban J connectivity index is 1.44. The molecule has 1 saturated heterocycles. The number of hydrogen-bond acceptors (Lipinski definition) is 4. The van der Waals surface area contributed by atoms with Gasteiger partial charge in [0, 0.05) is 25.7 Å². The Labute approximate surface area is 180 Å². The average molecular weight is 431 g/mol. The van der Waals surface area contributed by atoms with E-state index in [1.165, 1.54) is 25.2 Å². The van der Waals surface area contributed by atoms with Gasteiger partial charge in [-0.05, 0) is 61.2 Å². The molecule has 0 aromatic heterocycles. The van der Waals surface area contributed by atoms with Crippen LogP contribution in [-0.2, 0) is 16.1 Å². The fraction of sp³-hybridized carbons (Fsp3) is 0.391. The third-order valence-electron chi connectivity index (χ3n) is 5.48.